The lowest BCUT2D eigenvalue weighted by Gasteiger charge is -2.24. The number of aromatic nitrogens is 3. The number of fused-ring (bicyclic) bond motifs is 1. The Hall–Kier alpha value is -3.93. The predicted octanol–water partition coefficient (Wildman–Crippen LogP) is 4.06. The first-order valence-electron chi connectivity index (χ1n) is 10.8. The molecule has 2 aromatic carbocycles. The van der Waals surface area contributed by atoms with Crippen LogP contribution in [0.4, 0.5) is 5.69 Å². The van der Waals surface area contributed by atoms with Crippen molar-refractivity contribution in [2.45, 2.75) is 19.5 Å². The average Bonchev–Trinajstić information content (AvgIpc) is 3.28. The summed E-state index contributed by atoms with van der Waals surface area (Å²) < 4.78 is 0. The normalized spacial score (nSPS) is 13.5. The third-order valence-corrected chi connectivity index (χ3v) is 5.88. The van der Waals surface area contributed by atoms with Crippen LogP contribution < -0.4 is 4.90 Å². The minimum Gasteiger partial charge on any atom is -0.364 e. The lowest BCUT2D eigenvalue weighted by molar-refractivity contribution is -0.130. The number of carbonyl (C=O) groups excluding carboxylic acids is 1. The van der Waals surface area contributed by atoms with Gasteiger partial charge in [0.25, 0.3) is 0 Å². The molecule has 160 valence electrons. The van der Waals surface area contributed by atoms with E-state index in [2.05, 4.69) is 62.3 Å². The third-order valence-electron chi connectivity index (χ3n) is 5.88. The molecule has 0 spiro atoms. The molecule has 2 aromatic heterocycles. The predicted molar refractivity (Wildman–Crippen MR) is 125 cm³/mol. The molecule has 3 heterocycles. The van der Waals surface area contributed by atoms with Gasteiger partial charge in [-0.1, -0.05) is 42.5 Å². The lowest BCUT2D eigenvalue weighted by atomic mass is 10.0. The molecule has 0 radical (unpaired) electrons. The number of benzene rings is 2. The molecule has 0 saturated carbocycles. The Labute approximate surface area is 187 Å². The highest BCUT2D eigenvalue weighted by Crippen LogP contribution is 2.31. The Balaban J connectivity index is 1.46. The number of pyridine rings is 1. The first-order valence-corrected chi connectivity index (χ1v) is 10.8. The van der Waals surface area contributed by atoms with E-state index in [9.17, 15) is 4.79 Å². The van der Waals surface area contributed by atoms with Crippen molar-refractivity contribution < 1.29 is 4.79 Å². The lowest BCUT2D eigenvalue weighted by Crippen LogP contribution is -2.36. The summed E-state index contributed by atoms with van der Waals surface area (Å²) in [7, 11) is 0. The van der Waals surface area contributed by atoms with Gasteiger partial charge in [0, 0.05) is 43.9 Å². The fourth-order valence-corrected chi connectivity index (χ4v) is 4.22. The zero-order valence-electron chi connectivity index (χ0n) is 17.8. The zero-order valence-corrected chi connectivity index (χ0v) is 17.8. The maximum absolute atomic E-state index is 13.2. The summed E-state index contributed by atoms with van der Waals surface area (Å²) in [4.78, 5) is 29.0. The van der Waals surface area contributed by atoms with Crippen LogP contribution in [0.3, 0.4) is 0 Å². The van der Waals surface area contributed by atoms with Crippen molar-refractivity contribution in [3.05, 3.63) is 102 Å². The van der Waals surface area contributed by atoms with E-state index in [1.165, 1.54) is 5.56 Å². The molecule has 0 unspecified atom stereocenters. The first kappa shape index (κ1) is 20.0. The zero-order chi connectivity index (χ0) is 21.8. The SMILES string of the molecule is O=C(Cc1cccnc1)N1CCN(Cc2cnc[nH]2)c2ccc(-c3ccccc3)cc2C1. The number of amides is 1. The van der Waals surface area contributed by atoms with Crippen LogP contribution in [0.2, 0.25) is 0 Å². The summed E-state index contributed by atoms with van der Waals surface area (Å²) in [5, 5.41) is 0. The number of nitrogens with zero attached hydrogens (tertiary/aromatic N) is 4. The van der Waals surface area contributed by atoms with Crippen molar-refractivity contribution >= 4 is 11.6 Å². The number of rotatable bonds is 5. The number of aromatic amines is 1. The molecule has 0 fully saturated rings. The topological polar surface area (TPSA) is 65.1 Å². The van der Waals surface area contributed by atoms with E-state index >= 15 is 0 Å². The molecule has 1 aliphatic rings. The minimum atomic E-state index is 0.123. The van der Waals surface area contributed by atoms with Crippen LogP contribution in [0.25, 0.3) is 11.1 Å². The molecule has 6 heteroatoms. The van der Waals surface area contributed by atoms with Crippen molar-refractivity contribution in [3.8, 4) is 11.1 Å². The molecule has 6 nitrogen and oxygen atoms in total. The van der Waals surface area contributed by atoms with Gasteiger partial charge >= 0.3 is 0 Å². The van der Waals surface area contributed by atoms with Gasteiger partial charge in [0.05, 0.1) is 25.0 Å². The number of carbonyl (C=O) groups is 1. The maximum Gasteiger partial charge on any atom is 0.227 e. The van der Waals surface area contributed by atoms with Gasteiger partial charge in [0.2, 0.25) is 5.91 Å². The van der Waals surface area contributed by atoms with Crippen LogP contribution in [0.1, 0.15) is 16.8 Å². The van der Waals surface area contributed by atoms with Crippen LogP contribution in [0, 0.1) is 0 Å². The highest BCUT2D eigenvalue weighted by atomic mass is 16.2. The highest BCUT2D eigenvalue weighted by Gasteiger charge is 2.24. The number of imidazole rings is 1. The summed E-state index contributed by atoms with van der Waals surface area (Å²) in [6, 6.07) is 20.8. The number of anilines is 1. The molecular weight excluding hydrogens is 398 g/mol. The summed E-state index contributed by atoms with van der Waals surface area (Å²) in [6.45, 7) is 2.75. The third kappa shape index (κ3) is 4.39. The number of hydrogen-bond donors (Lipinski definition) is 1. The van der Waals surface area contributed by atoms with Crippen LogP contribution in [-0.2, 0) is 24.3 Å². The smallest absolute Gasteiger partial charge is 0.227 e. The highest BCUT2D eigenvalue weighted by molar-refractivity contribution is 5.79. The molecule has 4 aromatic rings. The van der Waals surface area contributed by atoms with Crippen LogP contribution in [0.5, 0.6) is 0 Å². The van der Waals surface area contributed by atoms with Crippen molar-refractivity contribution in [2.75, 3.05) is 18.0 Å². The first-order chi connectivity index (χ1) is 15.8. The minimum absolute atomic E-state index is 0.123. The number of H-pyrrole nitrogens is 1. The van der Waals surface area contributed by atoms with E-state index in [4.69, 9.17) is 0 Å². The Kier molecular flexibility index (Phi) is 5.66. The summed E-state index contributed by atoms with van der Waals surface area (Å²) >= 11 is 0. The molecule has 0 aliphatic carbocycles. The van der Waals surface area contributed by atoms with Gasteiger partial charge in [-0.3, -0.25) is 9.78 Å². The van der Waals surface area contributed by atoms with Crippen LogP contribution in [-0.4, -0.2) is 38.8 Å². The molecule has 1 amide bonds. The molecule has 0 bridgehead atoms. The summed E-state index contributed by atoms with van der Waals surface area (Å²) in [6.07, 6.45) is 7.42. The molecule has 1 aliphatic heterocycles. The van der Waals surface area contributed by atoms with Gasteiger partial charge in [-0.05, 0) is 40.5 Å². The second-order valence-electron chi connectivity index (χ2n) is 8.06. The molecule has 1 N–H and O–H groups in total. The molecule has 32 heavy (non-hydrogen) atoms. The van der Waals surface area contributed by atoms with Crippen LogP contribution in [0.15, 0.2) is 85.6 Å². The fourth-order valence-electron chi connectivity index (χ4n) is 4.22. The Morgan fingerprint density at radius 3 is 2.62 bits per heavy atom. The van der Waals surface area contributed by atoms with Crippen molar-refractivity contribution in [2.24, 2.45) is 0 Å². The second kappa shape index (κ2) is 9.06. The molecular formula is C26H25N5O. The Morgan fingerprint density at radius 2 is 1.84 bits per heavy atom. The van der Waals surface area contributed by atoms with Gasteiger partial charge in [-0.25, -0.2) is 4.98 Å². The monoisotopic (exact) mass is 423 g/mol. The Bertz CT molecular complexity index is 1180. The molecule has 0 atom stereocenters. The standard InChI is InChI=1S/C26H25N5O/c32-26(13-20-5-4-10-27-15-20)31-12-11-30(18-24-16-28-19-29-24)25-9-8-22(14-23(25)17-31)21-6-2-1-3-7-21/h1-10,14-16,19H,11-13,17-18H2,(H,28,29). The average molecular weight is 424 g/mol. The summed E-state index contributed by atoms with van der Waals surface area (Å²) in [5.74, 6) is 0.123. The van der Waals surface area contributed by atoms with Crippen molar-refractivity contribution in [1.29, 1.82) is 0 Å². The maximum atomic E-state index is 13.2. The van der Waals surface area contributed by atoms with E-state index in [-0.39, 0.29) is 5.91 Å². The van der Waals surface area contributed by atoms with E-state index in [0.717, 1.165) is 41.2 Å². The van der Waals surface area contributed by atoms with Crippen molar-refractivity contribution in [3.63, 3.8) is 0 Å². The van der Waals surface area contributed by atoms with E-state index in [1.807, 2.05) is 29.3 Å². The van der Waals surface area contributed by atoms with E-state index in [0.29, 0.717) is 19.5 Å². The Morgan fingerprint density at radius 1 is 0.938 bits per heavy atom. The van der Waals surface area contributed by atoms with E-state index in [1.54, 1.807) is 18.7 Å². The summed E-state index contributed by atoms with van der Waals surface area (Å²) in [5.41, 5.74) is 6.65. The van der Waals surface area contributed by atoms with Gasteiger partial charge in [0.1, 0.15) is 0 Å². The molecule has 0 saturated heterocycles. The van der Waals surface area contributed by atoms with Gasteiger partial charge in [-0.2, -0.15) is 0 Å². The fraction of sp³-hybridized carbons (Fsp3) is 0.192. The largest absolute Gasteiger partial charge is 0.364 e. The van der Waals surface area contributed by atoms with Gasteiger partial charge in [-0.15, -0.1) is 0 Å². The second-order valence-corrected chi connectivity index (χ2v) is 8.06. The quantitative estimate of drug-likeness (QED) is 0.526. The number of nitrogens with one attached hydrogen (secondary N) is 1. The van der Waals surface area contributed by atoms with Crippen LogP contribution >= 0.6 is 0 Å². The van der Waals surface area contributed by atoms with Gasteiger partial charge in [0.15, 0.2) is 0 Å². The molecule has 5 rings (SSSR count). The van der Waals surface area contributed by atoms with Gasteiger partial charge < -0.3 is 14.8 Å². The van der Waals surface area contributed by atoms with Crippen molar-refractivity contribution in [1.82, 2.24) is 19.9 Å². The van der Waals surface area contributed by atoms with E-state index < -0.39 is 0 Å². The number of hydrogen-bond acceptors (Lipinski definition) is 4.